The van der Waals surface area contributed by atoms with Crippen LogP contribution in [0.1, 0.15) is 122 Å². The normalized spacial score (nSPS) is 13.7. The molecule has 310 valence electrons. The fraction of sp³-hybridized carbons (Fsp3) is 0.694. The van der Waals surface area contributed by atoms with E-state index in [0.717, 1.165) is 38.5 Å². The van der Waals surface area contributed by atoms with Gasteiger partial charge in [-0.3, -0.25) is 33.5 Å². The van der Waals surface area contributed by atoms with Crippen LogP contribution >= 0.6 is 7.82 Å². The first-order valence-electron chi connectivity index (χ1n) is 19.2. The Bertz CT molecular complexity index is 1520. The summed E-state index contributed by atoms with van der Waals surface area (Å²) in [4.78, 5) is 56.5. The summed E-state index contributed by atoms with van der Waals surface area (Å²) in [6.45, 7) is 0.759. The van der Waals surface area contributed by atoms with E-state index in [1.54, 1.807) is 0 Å². The number of carbonyl (C=O) groups is 3. The minimum atomic E-state index is -4.79. The molecule has 0 aliphatic carbocycles. The molecule has 0 amide bonds. The third-order valence-electron chi connectivity index (χ3n) is 8.49. The minimum absolute atomic E-state index is 0.0188. The lowest BCUT2D eigenvalue weighted by Crippen LogP contribution is -2.34. The number of hydrogen-bond donors (Lipinski definition) is 4. The number of nitro benzene ring substituents is 1. The van der Waals surface area contributed by atoms with Crippen molar-refractivity contribution in [2.24, 2.45) is 5.73 Å². The lowest BCUT2D eigenvalue weighted by molar-refractivity contribution is -0.383. The van der Waals surface area contributed by atoms with Crippen LogP contribution in [0.5, 0.6) is 0 Å². The van der Waals surface area contributed by atoms with E-state index in [0.29, 0.717) is 37.9 Å². The smallest absolute Gasteiger partial charge is 0.472 e. The zero-order valence-electron chi connectivity index (χ0n) is 31.8. The van der Waals surface area contributed by atoms with Crippen molar-refractivity contribution in [3.63, 3.8) is 0 Å². The number of anilines is 1. The van der Waals surface area contributed by atoms with E-state index < -0.39 is 62.6 Å². The number of aromatic nitrogens is 2. The predicted octanol–water partition coefficient (Wildman–Crippen LogP) is 7.14. The van der Waals surface area contributed by atoms with E-state index in [4.69, 9.17) is 24.8 Å². The number of hydrogen-bond acceptors (Lipinski definition) is 15. The lowest BCUT2D eigenvalue weighted by Gasteiger charge is -2.20. The van der Waals surface area contributed by atoms with Crippen molar-refractivity contribution in [1.82, 2.24) is 10.3 Å². The maximum absolute atomic E-state index is 12.6. The first-order chi connectivity index (χ1) is 26.4. The number of nitro groups is 1. The molecule has 18 nitrogen and oxygen atoms in total. The minimum Gasteiger partial charge on any atom is -0.480 e. The molecule has 0 saturated carbocycles. The van der Waals surface area contributed by atoms with Gasteiger partial charge in [-0.25, -0.2) is 9.19 Å². The SMILES string of the molecule is CCCCCCCC/C=C/CCCCCCCC(=O)OCC(COP(=O)(O)OCC(N)C(=O)O)OC(=O)CCCCCNc1ccc([N+](=O)[O-])c2nonc12. The average molecular weight is 800 g/mol. The molecule has 0 saturated heterocycles. The standard InChI is InChI=1S/C36H58N5O13P/c1-2-3-4-5-6-7-8-9-10-11-12-13-14-15-17-20-32(42)50-25-28(26-51-55(48,49)52-27-29(37)36(44)45)53-33(43)21-18-16-19-24-38-30-22-23-31(41(46)47)35-34(30)39-54-40-35/h9-10,22-23,28-29,38H,2-8,11-21,24-27,37H2,1H3,(H,44,45)(H,48,49)/b10-9+. The number of rotatable bonds is 33. The molecule has 55 heavy (non-hydrogen) atoms. The van der Waals surface area contributed by atoms with Crippen LogP contribution in [0.3, 0.4) is 0 Å². The number of benzene rings is 1. The Morgan fingerprint density at radius 2 is 1.45 bits per heavy atom. The molecule has 0 aliphatic heterocycles. The second-order valence-electron chi connectivity index (χ2n) is 13.2. The van der Waals surface area contributed by atoms with Crippen molar-refractivity contribution < 1.29 is 57.0 Å². The monoisotopic (exact) mass is 799 g/mol. The van der Waals surface area contributed by atoms with Gasteiger partial charge in [-0.15, -0.1) is 0 Å². The number of ether oxygens (including phenoxy) is 2. The van der Waals surface area contributed by atoms with E-state index >= 15 is 0 Å². The van der Waals surface area contributed by atoms with E-state index in [2.05, 4.69) is 43.9 Å². The summed E-state index contributed by atoms with van der Waals surface area (Å²) in [7, 11) is -4.79. The molecule has 1 aromatic heterocycles. The molecule has 2 rings (SSSR count). The average Bonchev–Trinajstić information content (AvgIpc) is 3.65. The van der Waals surface area contributed by atoms with E-state index in [-0.39, 0.29) is 29.6 Å². The van der Waals surface area contributed by atoms with Crippen LogP contribution in [0.25, 0.3) is 11.0 Å². The number of carboxylic acids is 1. The Kier molecular flexibility index (Phi) is 23.7. The molecule has 0 aliphatic rings. The number of non-ortho nitro benzene ring substituents is 1. The van der Waals surface area contributed by atoms with Crippen molar-refractivity contribution in [1.29, 1.82) is 0 Å². The second-order valence-corrected chi connectivity index (χ2v) is 14.7. The fourth-order valence-corrected chi connectivity index (χ4v) is 6.14. The Morgan fingerprint density at radius 1 is 0.873 bits per heavy atom. The van der Waals surface area contributed by atoms with Crippen LogP contribution in [0.15, 0.2) is 28.9 Å². The molecule has 3 unspecified atom stereocenters. The molecule has 1 heterocycles. The number of allylic oxidation sites excluding steroid dienone is 2. The number of carboxylic acid groups (broad SMARTS) is 1. The third kappa shape index (κ3) is 21.1. The maximum atomic E-state index is 12.6. The van der Waals surface area contributed by atoms with Crippen molar-refractivity contribution in [3.8, 4) is 0 Å². The largest absolute Gasteiger partial charge is 0.480 e. The second kappa shape index (κ2) is 27.6. The number of carbonyl (C=O) groups excluding carboxylic acids is 2. The first kappa shape index (κ1) is 47.2. The highest BCUT2D eigenvalue weighted by Crippen LogP contribution is 2.43. The number of aliphatic carboxylic acids is 1. The summed E-state index contributed by atoms with van der Waals surface area (Å²) in [5.41, 5.74) is 5.83. The number of nitrogens with one attached hydrogen (secondary N) is 1. The van der Waals surface area contributed by atoms with Gasteiger partial charge < -0.3 is 30.5 Å². The number of unbranched alkanes of at least 4 members (excludes halogenated alkanes) is 13. The number of nitrogens with two attached hydrogens (primary N) is 1. The van der Waals surface area contributed by atoms with Gasteiger partial charge in [-0.2, -0.15) is 0 Å². The zero-order chi connectivity index (χ0) is 40.3. The van der Waals surface area contributed by atoms with Crippen molar-refractivity contribution in [2.75, 3.05) is 31.7 Å². The van der Waals surface area contributed by atoms with Gasteiger partial charge in [-0.05, 0) is 61.3 Å². The van der Waals surface area contributed by atoms with Crippen LogP contribution in [-0.4, -0.2) is 81.7 Å². The van der Waals surface area contributed by atoms with Gasteiger partial charge in [0.15, 0.2) is 11.6 Å². The van der Waals surface area contributed by atoms with Crippen LogP contribution in [-0.2, 0) is 37.5 Å². The predicted molar refractivity (Wildman–Crippen MR) is 203 cm³/mol. The third-order valence-corrected chi connectivity index (χ3v) is 9.44. The van der Waals surface area contributed by atoms with Gasteiger partial charge in [-0.1, -0.05) is 76.9 Å². The quantitative estimate of drug-likeness (QED) is 0.0139. The number of fused-ring (bicyclic) bond motifs is 1. The molecule has 1 aromatic carbocycles. The van der Waals surface area contributed by atoms with Crippen LogP contribution in [0, 0.1) is 10.1 Å². The van der Waals surface area contributed by atoms with Gasteiger partial charge in [0.2, 0.25) is 5.52 Å². The highest BCUT2D eigenvalue weighted by atomic mass is 31.2. The van der Waals surface area contributed by atoms with Crippen molar-refractivity contribution in [2.45, 2.75) is 135 Å². The summed E-state index contributed by atoms with van der Waals surface area (Å²) in [5, 5.41) is 30.5. The summed E-state index contributed by atoms with van der Waals surface area (Å²) in [6.07, 6.45) is 19.6. The molecular weight excluding hydrogens is 741 g/mol. The molecule has 0 radical (unpaired) electrons. The van der Waals surface area contributed by atoms with Crippen LogP contribution < -0.4 is 11.1 Å². The molecule has 19 heteroatoms. The highest BCUT2D eigenvalue weighted by molar-refractivity contribution is 7.47. The van der Waals surface area contributed by atoms with Gasteiger partial charge in [0.1, 0.15) is 12.6 Å². The molecule has 0 spiro atoms. The summed E-state index contributed by atoms with van der Waals surface area (Å²) < 4.78 is 37.1. The van der Waals surface area contributed by atoms with Gasteiger partial charge in [0.25, 0.3) is 0 Å². The van der Waals surface area contributed by atoms with Gasteiger partial charge in [0.05, 0.1) is 23.8 Å². The first-order valence-corrected chi connectivity index (χ1v) is 20.7. The molecular formula is C36H58N5O13P. The zero-order valence-corrected chi connectivity index (χ0v) is 32.7. The Balaban J connectivity index is 1.71. The van der Waals surface area contributed by atoms with Crippen LogP contribution in [0.2, 0.25) is 0 Å². The Labute approximate surface area is 321 Å². The summed E-state index contributed by atoms with van der Waals surface area (Å²) in [5.74, 6) is -2.63. The maximum Gasteiger partial charge on any atom is 0.472 e. The lowest BCUT2D eigenvalue weighted by atomic mass is 10.1. The van der Waals surface area contributed by atoms with Crippen molar-refractivity contribution in [3.05, 3.63) is 34.4 Å². The van der Waals surface area contributed by atoms with Gasteiger partial charge >= 0.3 is 31.4 Å². The molecule has 3 atom stereocenters. The molecule has 0 fully saturated rings. The van der Waals surface area contributed by atoms with Gasteiger partial charge in [0, 0.05) is 25.5 Å². The van der Waals surface area contributed by atoms with Crippen LogP contribution in [0.4, 0.5) is 11.4 Å². The Morgan fingerprint density at radius 3 is 2.11 bits per heavy atom. The van der Waals surface area contributed by atoms with Crippen molar-refractivity contribution >= 4 is 48.1 Å². The molecule has 0 bridgehead atoms. The van der Waals surface area contributed by atoms with E-state index in [1.807, 2.05) is 0 Å². The number of phosphoric acid groups is 1. The topological polar surface area (TPSA) is 266 Å². The van der Waals surface area contributed by atoms with E-state index in [1.165, 1.54) is 50.7 Å². The molecule has 2 aromatic rings. The summed E-state index contributed by atoms with van der Waals surface area (Å²) in [6, 6.07) is 1.24. The summed E-state index contributed by atoms with van der Waals surface area (Å²) >= 11 is 0. The number of phosphoric ester groups is 1. The highest BCUT2D eigenvalue weighted by Gasteiger charge is 2.28. The number of nitrogens with zero attached hydrogens (tertiary/aromatic N) is 3. The fourth-order valence-electron chi connectivity index (χ4n) is 5.36. The molecule has 5 N–H and O–H groups in total. The Hall–Kier alpha value is -3.96. The number of esters is 2. The van der Waals surface area contributed by atoms with E-state index in [9.17, 15) is 34.0 Å².